The molecule has 0 bridgehead atoms. The van der Waals surface area contributed by atoms with Crippen LogP contribution in [0.3, 0.4) is 0 Å². The van der Waals surface area contributed by atoms with E-state index in [2.05, 4.69) is 26.3 Å². The van der Waals surface area contributed by atoms with E-state index in [0.717, 1.165) is 22.3 Å². The Morgan fingerprint density at radius 1 is 1.42 bits per heavy atom. The van der Waals surface area contributed by atoms with Crippen molar-refractivity contribution in [2.24, 2.45) is 0 Å². The second-order valence-electron chi connectivity index (χ2n) is 5.12. The van der Waals surface area contributed by atoms with Crippen LogP contribution < -0.4 is 5.32 Å². The van der Waals surface area contributed by atoms with Crippen molar-refractivity contribution in [2.75, 3.05) is 12.4 Å². The zero-order valence-electron chi connectivity index (χ0n) is 13.1. The molecule has 0 spiro atoms. The Morgan fingerprint density at radius 2 is 2.12 bits per heavy atom. The van der Waals surface area contributed by atoms with E-state index in [1.54, 1.807) is 17.9 Å². The van der Waals surface area contributed by atoms with Gasteiger partial charge in [0.05, 0.1) is 28.5 Å². The fourth-order valence-electron chi connectivity index (χ4n) is 2.11. The van der Waals surface area contributed by atoms with Crippen LogP contribution in [0.15, 0.2) is 34.9 Å². The lowest BCUT2D eigenvalue weighted by Gasteiger charge is -2.19. The van der Waals surface area contributed by atoms with Gasteiger partial charge in [0.1, 0.15) is 0 Å². The number of nitrogens with zero attached hydrogens (tertiary/aromatic N) is 3. The van der Waals surface area contributed by atoms with E-state index >= 15 is 0 Å². The summed E-state index contributed by atoms with van der Waals surface area (Å²) in [6.07, 6.45) is -2.82. The molecule has 0 unspecified atom stereocenters. The summed E-state index contributed by atoms with van der Waals surface area (Å²) in [6, 6.07) is 4.01. The predicted molar refractivity (Wildman–Crippen MR) is 87.5 cm³/mol. The van der Waals surface area contributed by atoms with Crippen LogP contribution in [0.4, 0.5) is 23.7 Å². The van der Waals surface area contributed by atoms with Crippen molar-refractivity contribution < 1.29 is 18.0 Å². The number of aromatic nitrogens is 2. The Balaban J connectivity index is 2.08. The van der Waals surface area contributed by atoms with Crippen LogP contribution in [-0.2, 0) is 19.3 Å². The van der Waals surface area contributed by atoms with Crippen LogP contribution in [0.25, 0.3) is 0 Å². The van der Waals surface area contributed by atoms with Crippen molar-refractivity contribution in [3.63, 3.8) is 0 Å². The Hall–Kier alpha value is -2.03. The molecule has 0 atom stereocenters. The minimum Gasteiger partial charge on any atom is -0.322 e. The molecule has 9 heteroatoms. The summed E-state index contributed by atoms with van der Waals surface area (Å²) in [4.78, 5) is 13.6. The molecule has 0 fully saturated rings. The number of alkyl halides is 3. The molecule has 2 aromatic rings. The summed E-state index contributed by atoms with van der Waals surface area (Å²) < 4.78 is 40.6. The molecule has 0 radical (unpaired) electrons. The highest BCUT2D eigenvalue weighted by molar-refractivity contribution is 9.10. The maximum Gasteiger partial charge on any atom is 0.416 e. The third kappa shape index (κ3) is 4.28. The summed E-state index contributed by atoms with van der Waals surface area (Å²) in [7, 11) is 1.56. The van der Waals surface area contributed by atoms with Crippen molar-refractivity contribution in [1.29, 1.82) is 0 Å². The molecule has 1 N–H and O–H groups in total. The Bertz CT molecular complexity index is 730. The van der Waals surface area contributed by atoms with Gasteiger partial charge >= 0.3 is 12.2 Å². The molecule has 1 aromatic carbocycles. The number of hydrogen-bond donors (Lipinski definition) is 1. The van der Waals surface area contributed by atoms with E-state index in [1.807, 2.05) is 6.92 Å². The zero-order valence-corrected chi connectivity index (χ0v) is 14.6. The van der Waals surface area contributed by atoms with Crippen LogP contribution >= 0.6 is 15.9 Å². The highest BCUT2D eigenvalue weighted by Crippen LogP contribution is 2.30. The summed E-state index contributed by atoms with van der Waals surface area (Å²) in [6.45, 7) is 2.83. The molecule has 2 amide bonds. The van der Waals surface area contributed by atoms with Crippen LogP contribution in [0.2, 0.25) is 0 Å². The summed E-state index contributed by atoms with van der Waals surface area (Å²) >= 11 is 3.37. The molecule has 130 valence electrons. The predicted octanol–water partition coefficient (Wildman–Crippen LogP) is 4.35. The zero-order chi connectivity index (χ0) is 17.9. The smallest absolute Gasteiger partial charge is 0.322 e. The monoisotopic (exact) mass is 404 g/mol. The minimum atomic E-state index is -4.45. The van der Waals surface area contributed by atoms with Gasteiger partial charge in [-0.05, 0) is 41.1 Å². The molecule has 0 aliphatic heterocycles. The first-order valence-electron chi connectivity index (χ1n) is 7.12. The number of aryl methyl sites for hydroxylation is 1. The Kier molecular flexibility index (Phi) is 5.53. The standard InChI is InChI=1S/C15H16BrF3N4O/c1-3-23-13(12(16)8-20-23)9-22(2)14(24)21-11-6-4-5-10(7-11)15(17,18)19/h4-8H,3,9H2,1-2H3,(H,21,24). The Labute approximate surface area is 145 Å². The van der Waals surface area contributed by atoms with Gasteiger partial charge in [0.15, 0.2) is 0 Å². The average molecular weight is 405 g/mol. The number of hydrogen-bond acceptors (Lipinski definition) is 2. The molecule has 2 rings (SSSR count). The fourth-order valence-corrected chi connectivity index (χ4v) is 2.53. The highest BCUT2D eigenvalue weighted by atomic mass is 79.9. The second kappa shape index (κ2) is 7.25. The van der Waals surface area contributed by atoms with Gasteiger partial charge in [-0.3, -0.25) is 4.68 Å². The summed E-state index contributed by atoms with van der Waals surface area (Å²) in [5.41, 5.74) is 0.0821. The second-order valence-corrected chi connectivity index (χ2v) is 5.97. The maximum atomic E-state index is 12.7. The lowest BCUT2D eigenvalue weighted by Crippen LogP contribution is -2.31. The normalized spacial score (nSPS) is 11.4. The molecule has 0 aliphatic rings. The van der Waals surface area contributed by atoms with Gasteiger partial charge in [-0.25, -0.2) is 4.79 Å². The molecule has 1 aromatic heterocycles. The van der Waals surface area contributed by atoms with Crippen molar-refractivity contribution in [1.82, 2.24) is 14.7 Å². The number of amides is 2. The summed E-state index contributed by atoms with van der Waals surface area (Å²) in [5.74, 6) is 0. The van der Waals surface area contributed by atoms with Crippen LogP contribution in [0.1, 0.15) is 18.2 Å². The molecule has 5 nitrogen and oxygen atoms in total. The van der Waals surface area contributed by atoms with Crippen molar-refractivity contribution in [2.45, 2.75) is 26.2 Å². The van der Waals surface area contributed by atoms with Gasteiger partial charge in [-0.2, -0.15) is 18.3 Å². The molecule has 0 saturated heterocycles. The van der Waals surface area contributed by atoms with E-state index in [9.17, 15) is 18.0 Å². The van der Waals surface area contributed by atoms with Crippen LogP contribution in [0, 0.1) is 0 Å². The van der Waals surface area contributed by atoms with Crippen molar-refractivity contribution in [3.8, 4) is 0 Å². The quantitative estimate of drug-likeness (QED) is 0.823. The van der Waals surface area contributed by atoms with Crippen LogP contribution in [0.5, 0.6) is 0 Å². The first kappa shape index (κ1) is 18.3. The van der Waals surface area contributed by atoms with Gasteiger partial charge < -0.3 is 10.2 Å². The van der Waals surface area contributed by atoms with E-state index < -0.39 is 17.8 Å². The molecule has 0 aliphatic carbocycles. The SMILES string of the molecule is CCn1ncc(Br)c1CN(C)C(=O)Nc1cccc(C(F)(F)F)c1. The number of anilines is 1. The van der Waals surface area contributed by atoms with Gasteiger partial charge in [-0.15, -0.1) is 0 Å². The third-order valence-electron chi connectivity index (χ3n) is 3.37. The largest absolute Gasteiger partial charge is 0.416 e. The molecule has 1 heterocycles. The number of rotatable bonds is 4. The van der Waals surface area contributed by atoms with E-state index in [0.29, 0.717) is 6.54 Å². The van der Waals surface area contributed by atoms with E-state index in [1.165, 1.54) is 17.0 Å². The topological polar surface area (TPSA) is 50.2 Å². The fraction of sp³-hybridized carbons (Fsp3) is 0.333. The van der Waals surface area contributed by atoms with E-state index in [-0.39, 0.29) is 12.2 Å². The van der Waals surface area contributed by atoms with Crippen molar-refractivity contribution in [3.05, 3.63) is 46.2 Å². The number of carbonyl (C=O) groups is 1. The van der Waals surface area contributed by atoms with Gasteiger partial charge in [-0.1, -0.05) is 6.07 Å². The number of halogens is 4. The van der Waals surface area contributed by atoms with E-state index in [4.69, 9.17) is 0 Å². The number of nitrogens with one attached hydrogen (secondary N) is 1. The molecular formula is C15H16BrF3N4O. The minimum absolute atomic E-state index is 0.0877. The third-order valence-corrected chi connectivity index (χ3v) is 4.03. The highest BCUT2D eigenvalue weighted by Gasteiger charge is 2.30. The Morgan fingerprint density at radius 3 is 2.75 bits per heavy atom. The average Bonchev–Trinajstić information content (AvgIpc) is 2.87. The van der Waals surface area contributed by atoms with Crippen LogP contribution in [-0.4, -0.2) is 27.8 Å². The first-order chi connectivity index (χ1) is 11.2. The number of benzene rings is 1. The summed E-state index contributed by atoms with van der Waals surface area (Å²) in [5, 5.41) is 6.62. The first-order valence-corrected chi connectivity index (χ1v) is 7.91. The van der Waals surface area contributed by atoms with Gasteiger partial charge in [0.25, 0.3) is 0 Å². The molecular weight excluding hydrogens is 389 g/mol. The van der Waals surface area contributed by atoms with Gasteiger partial charge in [0, 0.05) is 19.3 Å². The lowest BCUT2D eigenvalue weighted by atomic mass is 10.2. The lowest BCUT2D eigenvalue weighted by molar-refractivity contribution is -0.137. The number of carbonyl (C=O) groups excluding carboxylic acids is 1. The maximum absolute atomic E-state index is 12.7. The number of urea groups is 1. The molecule has 24 heavy (non-hydrogen) atoms. The van der Waals surface area contributed by atoms with Crippen molar-refractivity contribution >= 4 is 27.6 Å². The molecule has 0 saturated carbocycles. The van der Waals surface area contributed by atoms with Gasteiger partial charge in [0.2, 0.25) is 0 Å².